The standard InChI is InChI=1S/C10H19N5/c1-6(11)7-12-13-14-15(7)8-9(2,3)10(8,4)5/h6,8H,11H2,1-5H3. The van der Waals surface area contributed by atoms with Crippen LogP contribution in [-0.2, 0) is 0 Å². The maximum absolute atomic E-state index is 5.84. The highest BCUT2D eigenvalue weighted by Crippen LogP contribution is 2.71. The molecule has 2 N–H and O–H groups in total. The third kappa shape index (κ3) is 1.22. The highest BCUT2D eigenvalue weighted by Gasteiger charge is 2.67. The van der Waals surface area contributed by atoms with Gasteiger partial charge in [-0.05, 0) is 28.2 Å². The van der Waals surface area contributed by atoms with Gasteiger partial charge >= 0.3 is 0 Å². The Labute approximate surface area is 90.0 Å². The fraction of sp³-hybridized carbons (Fsp3) is 0.900. The first kappa shape index (κ1) is 10.5. The lowest BCUT2D eigenvalue weighted by Crippen LogP contribution is -2.15. The lowest BCUT2D eigenvalue weighted by Gasteiger charge is -2.08. The molecule has 5 nitrogen and oxygen atoms in total. The predicted octanol–water partition coefficient (Wildman–Crippen LogP) is 1.30. The van der Waals surface area contributed by atoms with Crippen LogP contribution in [0, 0.1) is 10.8 Å². The van der Waals surface area contributed by atoms with Crippen molar-refractivity contribution in [2.45, 2.75) is 46.7 Å². The van der Waals surface area contributed by atoms with E-state index < -0.39 is 0 Å². The van der Waals surface area contributed by atoms with E-state index in [2.05, 4.69) is 43.2 Å². The zero-order chi connectivity index (χ0) is 11.4. The van der Waals surface area contributed by atoms with E-state index in [1.807, 2.05) is 11.6 Å². The molecule has 84 valence electrons. The number of nitrogens with two attached hydrogens (primary N) is 1. The van der Waals surface area contributed by atoms with E-state index in [4.69, 9.17) is 5.73 Å². The van der Waals surface area contributed by atoms with Crippen molar-refractivity contribution in [3.63, 3.8) is 0 Å². The zero-order valence-corrected chi connectivity index (χ0v) is 10.0. The topological polar surface area (TPSA) is 69.6 Å². The van der Waals surface area contributed by atoms with Gasteiger partial charge in [0.15, 0.2) is 5.82 Å². The smallest absolute Gasteiger partial charge is 0.168 e. The van der Waals surface area contributed by atoms with Crippen LogP contribution in [0.25, 0.3) is 0 Å². The summed E-state index contributed by atoms with van der Waals surface area (Å²) in [7, 11) is 0. The average Bonchev–Trinajstić information content (AvgIpc) is 2.51. The molecule has 1 aromatic heterocycles. The van der Waals surface area contributed by atoms with E-state index in [9.17, 15) is 0 Å². The fourth-order valence-corrected chi connectivity index (χ4v) is 2.46. The van der Waals surface area contributed by atoms with Crippen molar-refractivity contribution in [1.82, 2.24) is 20.2 Å². The summed E-state index contributed by atoms with van der Waals surface area (Å²) in [6, 6.07) is 0.230. The van der Waals surface area contributed by atoms with Gasteiger partial charge in [-0.1, -0.05) is 27.7 Å². The second kappa shape index (κ2) is 2.78. The Kier molecular flexibility index (Phi) is 1.96. The van der Waals surface area contributed by atoms with Crippen LogP contribution < -0.4 is 5.73 Å². The third-order valence-electron chi connectivity index (χ3n) is 4.11. The molecule has 0 amide bonds. The van der Waals surface area contributed by atoms with Crippen LogP contribution in [0.2, 0.25) is 0 Å². The maximum atomic E-state index is 5.84. The molecule has 0 radical (unpaired) electrons. The Morgan fingerprint density at radius 2 is 1.80 bits per heavy atom. The maximum Gasteiger partial charge on any atom is 0.168 e. The second-order valence-electron chi connectivity index (χ2n) is 5.62. The number of nitrogens with zero attached hydrogens (tertiary/aromatic N) is 4. The number of hydrogen-bond acceptors (Lipinski definition) is 4. The summed E-state index contributed by atoms with van der Waals surface area (Å²) in [6.45, 7) is 10.9. The second-order valence-corrected chi connectivity index (χ2v) is 5.62. The number of rotatable bonds is 2. The van der Waals surface area contributed by atoms with Gasteiger partial charge in [0.2, 0.25) is 0 Å². The molecule has 1 unspecified atom stereocenters. The minimum atomic E-state index is -0.118. The van der Waals surface area contributed by atoms with Crippen molar-refractivity contribution in [2.24, 2.45) is 16.6 Å². The number of aromatic nitrogens is 4. The first-order valence-electron chi connectivity index (χ1n) is 5.33. The van der Waals surface area contributed by atoms with Crippen molar-refractivity contribution in [1.29, 1.82) is 0 Å². The molecule has 1 aliphatic carbocycles. The SMILES string of the molecule is CC(N)c1nnnn1C1C(C)(C)C1(C)C. The minimum absolute atomic E-state index is 0.118. The van der Waals surface area contributed by atoms with Gasteiger partial charge in [0.25, 0.3) is 0 Å². The molecular formula is C10H19N5. The lowest BCUT2D eigenvalue weighted by atomic mass is 10.0. The first-order valence-corrected chi connectivity index (χ1v) is 5.33. The molecule has 1 atom stereocenters. The molecule has 0 saturated heterocycles. The van der Waals surface area contributed by atoms with Crippen molar-refractivity contribution in [2.75, 3.05) is 0 Å². The average molecular weight is 209 g/mol. The highest BCUT2D eigenvalue weighted by molar-refractivity contribution is 5.17. The molecule has 15 heavy (non-hydrogen) atoms. The molecule has 1 aromatic rings. The van der Waals surface area contributed by atoms with Crippen molar-refractivity contribution in [3.8, 4) is 0 Å². The van der Waals surface area contributed by atoms with Gasteiger partial charge in [-0.3, -0.25) is 0 Å². The lowest BCUT2D eigenvalue weighted by molar-refractivity contribution is 0.457. The molecule has 0 aliphatic heterocycles. The Morgan fingerprint density at radius 1 is 1.27 bits per heavy atom. The van der Waals surface area contributed by atoms with Crippen molar-refractivity contribution >= 4 is 0 Å². The van der Waals surface area contributed by atoms with E-state index in [0.717, 1.165) is 5.82 Å². The quantitative estimate of drug-likeness (QED) is 0.797. The van der Waals surface area contributed by atoms with Crippen molar-refractivity contribution < 1.29 is 0 Å². The number of tetrazole rings is 1. The van der Waals surface area contributed by atoms with Gasteiger partial charge < -0.3 is 5.73 Å². The summed E-state index contributed by atoms with van der Waals surface area (Å²) in [5.74, 6) is 0.777. The summed E-state index contributed by atoms with van der Waals surface area (Å²) in [5, 5.41) is 11.8. The van der Waals surface area contributed by atoms with Crippen LogP contribution >= 0.6 is 0 Å². The van der Waals surface area contributed by atoms with E-state index in [0.29, 0.717) is 6.04 Å². The van der Waals surface area contributed by atoms with Crippen LogP contribution in [0.15, 0.2) is 0 Å². The van der Waals surface area contributed by atoms with Gasteiger partial charge in [-0.15, -0.1) is 5.10 Å². The molecule has 1 aliphatic rings. The van der Waals surface area contributed by atoms with E-state index in [-0.39, 0.29) is 16.9 Å². The van der Waals surface area contributed by atoms with E-state index in [1.165, 1.54) is 0 Å². The van der Waals surface area contributed by atoms with Crippen LogP contribution in [0.4, 0.5) is 0 Å². The van der Waals surface area contributed by atoms with Crippen LogP contribution in [-0.4, -0.2) is 20.2 Å². The molecule has 5 heteroatoms. The van der Waals surface area contributed by atoms with Gasteiger partial charge in [-0.2, -0.15) is 0 Å². The monoisotopic (exact) mass is 209 g/mol. The van der Waals surface area contributed by atoms with Gasteiger partial charge in [0.05, 0.1) is 12.1 Å². The molecule has 1 saturated carbocycles. The van der Waals surface area contributed by atoms with Crippen LogP contribution in [0.3, 0.4) is 0 Å². The first-order chi connectivity index (χ1) is 6.80. The Morgan fingerprint density at radius 3 is 2.20 bits per heavy atom. The summed E-state index contributed by atoms with van der Waals surface area (Å²) in [5.41, 5.74) is 6.29. The molecule has 1 heterocycles. The molecular weight excluding hydrogens is 190 g/mol. The molecule has 0 bridgehead atoms. The summed E-state index contributed by atoms with van der Waals surface area (Å²) in [4.78, 5) is 0. The molecule has 0 spiro atoms. The van der Waals surface area contributed by atoms with E-state index in [1.54, 1.807) is 0 Å². The number of hydrogen-bond donors (Lipinski definition) is 1. The Balaban J connectivity index is 2.38. The Hall–Kier alpha value is -0.970. The van der Waals surface area contributed by atoms with Gasteiger partial charge in [0, 0.05) is 0 Å². The van der Waals surface area contributed by atoms with E-state index >= 15 is 0 Å². The predicted molar refractivity (Wildman–Crippen MR) is 57.0 cm³/mol. The molecule has 1 fully saturated rings. The normalized spacial score (nSPS) is 25.2. The van der Waals surface area contributed by atoms with Gasteiger partial charge in [0.1, 0.15) is 0 Å². The summed E-state index contributed by atoms with van der Waals surface area (Å²) < 4.78 is 1.89. The van der Waals surface area contributed by atoms with Crippen LogP contribution in [0.5, 0.6) is 0 Å². The summed E-state index contributed by atoms with van der Waals surface area (Å²) >= 11 is 0. The van der Waals surface area contributed by atoms with Crippen molar-refractivity contribution in [3.05, 3.63) is 5.82 Å². The minimum Gasteiger partial charge on any atom is -0.322 e. The highest BCUT2D eigenvalue weighted by atomic mass is 15.6. The Bertz CT molecular complexity index is 363. The molecule has 0 aromatic carbocycles. The largest absolute Gasteiger partial charge is 0.322 e. The van der Waals surface area contributed by atoms with Crippen LogP contribution in [0.1, 0.15) is 52.5 Å². The van der Waals surface area contributed by atoms with Gasteiger partial charge in [-0.25, -0.2) is 4.68 Å². The molecule has 2 rings (SSSR count). The summed E-state index contributed by atoms with van der Waals surface area (Å²) in [6.07, 6.45) is 0. The fourth-order valence-electron chi connectivity index (χ4n) is 2.46. The zero-order valence-electron chi connectivity index (χ0n) is 10.0. The third-order valence-corrected chi connectivity index (χ3v) is 4.11.